The number of carbonyl (C=O) groups excluding carboxylic acids is 1. The number of fused-ring (bicyclic) bond motifs is 2. The van der Waals surface area contributed by atoms with Gasteiger partial charge in [-0.15, -0.1) is 12.4 Å². The second-order valence-electron chi connectivity index (χ2n) is 8.24. The van der Waals surface area contributed by atoms with E-state index in [1.54, 1.807) is 0 Å². The fraction of sp³-hybridized carbons (Fsp3) is 0.435. The van der Waals surface area contributed by atoms with Crippen LogP contribution in [0.25, 0.3) is 0 Å². The lowest BCUT2D eigenvalue weighted by Crippen LogP contribution is -2.50. The van der Waals surface area contributed by atoms with E-state index < -0.39 is 6.04 Å². The molecule has 1 aliphatic carbocycles. The van der Waals surface area contributed by atoms with E-state index in [4.69, 9.17) is 17.3 Å². The van der Waals surface area contributed by atoms with Crippen molar-refractivity contribution < 1.29 is 4.79 Å². The summed E-state index contributed by atoms with van der Waals surface area (Å²) in [5.41, 5.74) is 10.5. The number of amides is 1. The van der Waals surface area contributed by atoms with Gasteiger partial charge in [0.25, 0.3) is 0 Å². The molecule has 1 aliphatic heterocycles. The molecule has 0 saturated carbocycles. The number of rotatable bonds is 3. The first-order valence-corrected chi connectivity index (χ1v) is 10.2. The molecule has 1 amide bonds. The first-order chi connectivity index (χ1) is 13.0. The molecule has 28 heavy (non-hydrogen) atoms. The number of halogens is 2. The maximum absolute atomic E-state index is 12.9. The third-order valence-electron chi connectivity index (χ3n) is 6.48. The second-order valence-corrected chi connectivity index (χ2v) is 8.67. The summed E-state index contributed by atoms with van der Waals surface area (Å²) >= 11 is 5.93. The molecule has 2 aromatic carbocycles. The van der Waals surface area contributed by atoms with Gasteiger partial charge in [-0.3, -0.25) is 4.79 Å². The Morgan fingerprint density at radius 3 is 2.50 bits per heavy atom. The summed E-state index contributed by atoms with van der Waals surface area (Å²) in [5, 5.41) is 0.700. The number of likely N-dealkylation sites (tertiary alicyclic amines) is 1. The van der Waals surface area contributed by atoms with Gasteiger partial charge in [0.15, 0.2) is 0 Å². The molecule has 0 bridgehead atoms. The lowest BCUT2D eigenvalue weighted by Gasteiger charge is -2.41. The second kappa shape index (κ2) is 8.44. The van der Waals surface area contributed by atoms with E-state index in [0.717, 1.165) is 31.5 Å². The molecule has 2 N–H and O–H groups in total. The van der Waals surface area contributed by atoms with E-state index in [9.17, 15) is 4.79 Å². The van der Waals surface area contributed by atoms with Gasteiger partial charge in [-0.05, 0) is 65.8 Å². The van der Waals surface area contributed by atoms with Gasteiger partial charge in [0, 0.05) is 18.1 Å². The topological polar surface area (TPSA) is 46.3 Å². The average Bonchev–Trinajstić information content (AvgIpc) is 2.96. The van der Waals surface area contributed by atoms with Gasteiger partial charge in [0.1, 0.15) is 0 Å². The van der Waals surface area contributed by atoms with E-state index in [2.05, 4.69) is 31.2 Å². The Kier molecular flexibility index (Phi) is 6.38. The molecule has 1 heterocycles. The van der Waals surface area contributed by atoms with Gasteiger partial charge in [0.05, 0.1) is 6.04 Å². The number of piperidine rings is 1. The van der Waals surface area contributed by atoms with Gasteiger partial charge in [-0.1, -0.05) is 54.9 Å². The quantitative estimate of drug-likeness (QED) is 0.784. The third kappa shape index (κ3) is 3.94. The molecular formula is C23H28Cl2N2O. The predicted octanol–water partition coefficient (Wildman–Crippen LogP) is 4.70. The van der Waals surface area contributed by atoms with E-state index in [1.165, 1.54) is 17.5 Å². The van der Waals surface area contributed by atoms with Crippen LogP contribution in [0, 0.1) is 0 Å². The van der Waals surface area contributed by atoms with Gasteiger partial charge in [-0.25, -0.2) is 0 Å². The summed E-state index contributed by atoms with van der Waals surface area (Å²) in [6, 6.07) is 15.9. The fourth-order valence-electron chi connectivity index (χ4n) is 5.04. The summed E-state index contributed by atoms with van der Waals surface area (Å²) in [4.78, 5) is 14.8. The SMILES string of the molecule is C[C@@H]1CC2(CCN(C(=O)[C@H](N)Cc3ccc(Cl)cc3)CC2)c2ccccc21.Cl. The molecule has 150 valence electrons. The lowest BCUT2D eigenvalue weighted by molar-refractivity contribution is -0.134. The molecule has 0 unspecified atom stereocenters. The van der Waals surface area contributed by atoms with Crippen molar-refractivity contribution in [3.63, 3.8) is 0 Å². The zero-order chi connectivity index (χ0) is 19.0. The van der Waals surface area contributed by atoms with Crippen molar-refractivity contribution in [1.29, 1.82) is 0 Å². The molecule has 0 aromatic heterocycles. The number of nitrogens with two attached hydrogens (primary N) is 1. The number of nitrogens with zero attached hydrogens (tertiary/aromatic N) is 1. The van der Waals surface area contributed by atoms with Gasteiger partial charge >= 0.3 is 0 Å². The lowest BCUT2D eigenvalue weighted by atomic mass is 9.73. The van der Waals surface area contributed by atoms with Crippen LogP contribution in [0.3, 0.4) is 0 Å². The molecule has 5 heteroatoms. The highest BCUT2D eigenvalue weighted by molar-refractivity contribution is 6.30. The first-order valence-electron chi connectivity index (χ1n) is 9.87. The molecule has 1 fully saturated rings. The summed E-state index contributed by atoms with van der Waals surface area (Å²) in [5.74, 6) is 0.676. The molecule has 4 rings (SSSR count). The van der Waals surface area contributed by atoms with Crippen LogP contribution in [0.4, 0.5) is 0 Å². The molecule has 2 atom stereocenters. The summed E-state index contributed by atoms with van der Waals surface area (Å²) < 4.78 is 0. The third-order valence-corrected chi connectivity index (χ3v) is 6.73. The van der Waals surface area contributed by atoms with Crippen LogP contribution in [0.2, 0.25) is 5.02 Å². The number of carbonyl (C=O) groups is 1. The maximum atomic E-state index is 12.9. The number of hydrogen-bond acceptors (Lipinski definition) is 2. The monoisotopic (exact) mass is 418 g/mol. The van der Waals surface area contributed by atoms with Crippen LogP contribution in [-0.2, 0) is 16.6 Å². The molecule has 0 radical (unpaired) electrons. The van der Waals surface area contributed by atoms with Crippen molar-refractivity contribution in [3.8, 4) is 0 Å². The van der Waals surface area contributed by atoms with E-state index in [1.807, 2.05) is 29.2 Å². The summed E-state index contributed by atoms with van der Waals surface area (Å²) in [7, 11) is 0. The summed E-state index contributed by atoms with van der Waals surface area (Å²) in [6.45, 7) is 3.93. The Bertz CT molecular complexity index is 829. The molecular weight excluding hydrogens is 391 g/mol. The highest BCUT2D eigenvalue weighted by atomic mass is 35.5. The Morgan fingerprint density at radius 2 is 1.82 bits per heavy atom. The highest BCUT2D eigenvalue weighted by Gasteiger charge is 2.44. The fourth-order valence-corrected chi connectivity index (χ4v) is 5.17. The molecule has 2 aliphatic rings. The smallest absolute Gasteiger partial charge is 0.239 e. The van der Waals surface area contributed by atoms with Crippen LogP contribution < -0.4 is 5.73 Å². The summed E-state index contributed by atoms with van der Waals surface area (Å²) in [6.07, 6.45) is 3.82. The Morgan fingerprint density at radius 1 is 1.18 bits per heavy atom. The van der Waals surface area contributed by atoms with Gasteiger partial charge in [0.2, 0.25) is 5.91 Å². The van der Waals surface area contributed by atoms with Crippen LogP contribution in [0.15, 0.2) is 48.5 Å². The van der Waals surface area contributed by atoms with Crippen LogP contribution in [0.1, 0.15) is 48.8 Å². The average molecular weight is 419 g/mol. The normalized spacial score (nSPS) is 21.1. The Balaban J connectivity index is 0.00000225. The molecule has 3 nitrogen and oxygen atoms in total. The molecule has 2 aromatic rings. The van der Waals surface area contributed by atoms with Gasteiger partial charge in [-0.2, -0.15) is 0 Å². The van der Waals surface area contributed by atoms with E-state index in [0.29, 0.717) is 17.4 Å². The van der Waals surface area contributed by atoms with E-state index in [-0.39, 0.29) is 23.7 Å². The standard InChI is InChI=1S/C23H27ClN2O.ClH/c1-16-15-23(20-5-3-2-4-19(16)20)10-12-26(13-11-23)22(27)21(25)14-17-6-8-18(24)9-7-17;/h2-9,16,21H,10-15,25H2,1H3;1H/t16-,21-;/m1./s1. The van der Waals surface area contributed by atoms with Crippen molar-refractivity contribution in [2.24, 2.45) is 5.73 Å². The number of hydrogen-bond donors (Lipinski definition) is 1. The van der Waals surface area contributed by atoms with Crippen molar-refractivity contribution >= 4 is 29.9 Å². The zero-order valence-electron chi connectivity index (χ0n) is 16.2. The maximum Gasteiger partial charge on any atom is 0.239 e. The van der Waals surface area contributed by atoms with Gasteiger partial charge < -0.3 is 10.6 Å². The molecule has 1 spiro atoms. The predicted molar refractivity (Wildman–Crippen MR) is 117 cm³/mol. The van der Waals surface area contributed by atoms with Crippen molar-refractivity contribution in [3.05, 3.63) is 70.2 Å². The zero-order valence-corrected chi connectivity index (χ0v) is 17.8. The van der Waals surface area contributed by atoms with Crippen molar-refractivity contribution in [2.75, 3.05) is 13.1 Å². The Hall–Kier alpha value is -1.55. The minimum absolute atomic E-state index is 0. The van der Waals surface area contributed by atoms with Crippen LogP contribution >= 0.6 is 24.0 Å². The largest absolute Gasteiger partial charge is 0.341 e. The van der Waals surface area contributed by atoms with Crippen LogP contribution in [-0.4, -0.2) is 29.9 Å². The highest BCUT2D eigenvalue weighted by Crippen LogP contribution is 2.51. The first kappa shape index (κ1) is 21.2. The minimum Gasteiger partial charge on any atom is -0.341 e. The van der Waals surface area contributed by atoms with Crippen LogP contribution in [0.5, 0.6) is 0 Å². The van der Waals surface area contributed by atoms with Crippen molar-refractivity contribution in [2.45, 2.75) is 50.0 Å². The Labute approximate surface area is 178 Å². The van der Waals surface area contributed by atoms with E-state index >= 15 is 0 Å². The number of benzene rings is 2. The molecule has 1 saturated heterocycles. The minimum atomic E-state index is -0.491. The van der Waals surface area contributed by atoms with Crippen molar-refractivity contribution in [1.82, 2.24) is 4.90 Å².